The predicted octanol–water partition coefficient (Wildman–Crippen LogP) is 2.45. The van der Waals surface area contributed by atoms with Crippen LogP contribution in [0.1, 0.15) is 59.3 Å². The molecule has 21 heavy (non-hydrogen) atoms. The summed E-state index contributed by atoms with van der Waals surface area (Å²) in [7, 11) is 0. The third kappa shape index (κ3) is 3.98. The number of nitrogens with one attached hydrogen (secondary N) is 1. The molecule has 1 heterocycles. The Kier molecular flexibility index (Phi) is 6.49. The first-order valence-corrected chi connectivity index (χ1v) is 9.00. The Morgan fingerprint density at radius 3 is 2.48 bits per heavy atom. The van der Waals surface area contributed by atoms with Gasteiger partial charge >= 0.3 is 0 Å². The number of carbonyl (C=O) groups is 1. The van der Waals surface area contributed by atoms with Gasteiger partial charge in [0.25, 0.3) is 0 Å². The maximum Gasteiger partial charge on any atom is 0.241 e. The van der Waals surface area contributed by atoms with Crippen LogP contribution < -0.4 is 5.32 Å². The van der Waals surface area contributed by atoms with Crippen molar-refractivity contribution in [3.05, 3.63) is 0 Å². The summed E-state index contributed by atoms with van der Waals surface area (Å²) in [6.45, 7) is 10.7. The van der Waals surface area contributed by atoms with Gasteiger partial charge in [0.1, 0.15) is 0 Å². The topological polar surface area (TPSA) is 35.6 Å². The number of likely N-dealkylation sites (N-methyl/N-ethyl adjacent to an activating group) is 1. The summed E-state index contributed by atoms with van der Waals surface area (Å²) in [5.41, 5.74) is 0. The van der Waals surface area contributed by atoms with Crippen LogP contribution in [0.4, 0.5) is 0 Å². The lowest BCUT2D eigenvalue weighted by Gasteiger charge is -2.31. The van der Waals surface area contributed by atoms with E-state index in [2.05, 4.69) is 35.9 Å². The largest absolute Gasteiger partial charge is 0.324 e. The molecule has 2 unspecified atom stereocenters. The molecule has 1 saturated carbocycles. The molecule has 0 aromatic carbocycles. The van der Waals surface area contributed by atoms with Gasteiger partial charge in [-0.25, -0.2) is 0 Å². The molecule has 2 fully saturated rings. The van der Waals surface area contributed by atoms with Crippen molar-refractivity contribution in [2.75, 3.05) is 26.2 Å². The molecule has 0 aromatic rings. The first-order valence-electron chi connectivity index (χ1n) is 9.00. The fraction of sp³-hybridized carbons (Fsp3) is 0.941. The lowest BCUT2D eigenvalue weighted by atomic mass is 10.0. The Morgan fingerprint density at radius 1 is 1.19 bits per heavy atom. The summed E-state index contributed by atoms with van der Waals surface area (Å²) in [6.07, 6.45) is 7.62. The van der Waals surface area contributed by atoms with Crippen molar-refractivity contribution in [1.82, 2.24) is 15.1 Å². The summed E-state index contributed by atoms with van der Waals surface area (Å²) in [6, 6.07) is 0.0526. The van der Waals surface area contributed by atoms with Crippen molar-refractivity contribution in [3.8, 4) is 0 Å². The number of hydrogen-bond donors (Lipinski definition) is 1. The number of nitrogens with zero attached hydrogens (tertiary/aromatic N) is 2. The van der Waals surface area contributed by atoms with E-state index in [1.807, 2.05) is 0 Å². The SMILES string of the molecule is CCCN(CC)CCN1C(=O)C(CC)NC1C1CCCC1. The summed E-state index contributed by atoms with van der Waals surface area (Å²) < 4.78 is 0. The Morgan fingerprint density at radius 2 is 1.90 bits per heavy atom. The van der Waals surface area contributed by atoms with Crippen molar-refractivity contribution < 1.29 is 4.79 Å². The van der Waals surface area contributed by atoms with Gasteiger partial charge in [0.2, 0.25) is 5.91 Å². The van der Waals surface area contributed by atoms with Crippen molar-refractivity contribution in [2.24, 2.45) is 5.92 Å². The third-order valence-electron chi connectivity index (χ3n) is 5.19. The number of carbonyl (C=O) groups excluding carboxylic acids is 1. The van der Waals surface area contributed by atoms with Crippen molar-refractivity contribution in [2.45, 2.75) is 71.5 Å². The van der Waals surface area contributed by atoms with E-state index in [9.17, 15) is 4.79 Å². The molecule has 2 atom stereocenters. The molecule has 4 nitrogen and oxygen atoms in total. The molecule has 1 N–H and O–H groups in total. The summed E-state index contributed by atoms with van der Waals surface area (Å²) in [4.78, 5) is 17.2. The van der Waals surface area contributed by atoms with Crippen LogP contribution >= 0.6 is 0 Å². The molecule has 0 aromatic heterocycles. The van der Waals surface area contributed by atoms with Gasteiger partial charge in [0.15, 0.2) is 0 Å². The molecule has 4 heteroatoms. The molecule has 0 bridgehead atoms. The second kappa shape index (κ2) is 8.14. The monoisotopic (exact) mass is 295 g/mol. The van der Waals surface area contributed by atoms with Crippen molar-refractivity contribution in [1.29, 1.82) is 0 Å². The van der Waals surface area contributed by atoms with E-state index in [1.165, 1.54) is 32.1 Å². The highest BCUT2D eigenvalue weighted by atomic mass is 16.2. The van der Waals surface area contributed by atoms with Gasteiger partial charge in [-0.3, -0.25) is 10.1 Å². The van der Waals surface area contributed by atoms with Crippen LogP contribution in [-0.2, 0) is 4.79 Å². The second-order valence-electron chi connectivity index (χ2n) is 6.58. The second-order valence-corrected chi connectivity index (χ2v) is 6.58. The quantitative estimate of drug-likeness (QED) is 0.747. The molecule has 0 radical (unpaired) electrons. The molecule has 1 aliphatic heterocycles. The Bertz CT molecular complexity index is 328. The fourth-order valence-electron chi connectivity index (χ4n) is 3.90. The molecular weight excluding hydrogens is 262 g/mol. The van der Waals surface area contributed by atoms with Gasteiger partial charge in [-0.05, 0) is 44.7 Å². The van der Waals surface area contributed by atoms with Crippen LogP contribution in [0.15, 0.2) is 0 Å². The van der Waals surface area contributed by atoms with Crippen LogP contribution in [0.5, 0.6) is 0 Å². The van der Waals surface area contributed by atoms with Gasteiger partial charge in [0.05, 0.1) is 12.2 Å². The minimum Gasteiger partial charge on any atom is -0.324 e. The van der Waals surface area contributed by atoms with E-state index in [4.69, 9.17) is 0 Å². The van der Waals surface area contributed by atoms with Gasteiger partial charge < -0.3 is 9.80 Å². The van der Waals surface area contributed by atoms with E-state index in [0.29, 0.717) is 18.0 Å². The maximum absolute atomic E-state index is 12.6. The lowest BCUT2D eigenvalue weighted by Crippen LogP contribution is -2.46. The van der Waals surface area contributed by atoms with E-state index < -0.39 is 0 Å². The minimum atomic E-state index is 0.0526. The first-order chi connectivity index (χ1) is 10.2. The average Bonchev–Trinajstić information content (AvgIpc) is 3.11. The Labute approximate surface area is 130 Å². The lowest BCUT2D eigenvalue weighted by molar-refractivity contribution is -0.130. The summed E-state index contributed by atoms with van der Waals surface area (Å²) in [5, 5.41) is 3.61. The molecule has 1 saturated heterocycles. The molecule has 1 aliphatic carbocycles. The number of rotatable bonds is 8. The zero-order chi connectivity index (χ0) is 15.2. The standard InChI is InChI=1S/C17H33N3O/c1-4-11-19(6-3)12-13-20-16(14-9-7-8-10-14)18-15(5-2)17(20)21/h14-16,18H,4-13H2,1-3H3. The molecular formula is C17H33N3O. The average molecular weight is 295 g/mol. The van der Waals surface area contributed by atoms with Crippen LogP contribution in [0.3, 0.4) is 0 Å². The van der Waals surface area contributed by atoms with Crippen LogP contribution in [0.2, 0.25) is 0 Å². The van der Waals surface area contributed by atoms with Crippen LogP contribution in [0, 0.1) is 5.92 Å². The van der Waals surface area contributed by atoms with E-state index in [1.54, 1.807) is 0 Å². The minimum absolute atomic E-state index is 0.0526. The van der Waals surface area contributed by atoms with Crippen LogP contribution in [0.25, 0.3) is 0 Å². The molecule has 122 valence electrons. The van der Waals surface area contributed by atoms with E-state index >= 15 is 0 Å². The highest BCUT2D eigenvalue weighted by molar-refractivity contribution is 5.84. The Balaban J connectivity index is 1.96. The highest BCUT2D eigenvalue weighted by Crippen LogP contribution is 2.32. The number of amides is 1. The fourth-order valence-corrected chi connectivity index (χ4v) is 3.90. The third-order valence-corrected chi connectivity index (χ3v) is 5.19. The van der Waals surface area contributed by atoms with Crippen LogP contribution in [-0.4, -0.2) is 54.1 Å². The molecule has 0 spiro atoms. The van der Waals surface area contributed by atoms with Gasteiger partial charge in [0, 0.05) is 13.1 Å². The smallest absolute Gasteiger partial charge is 0.241 e. The van der Waals surface area contributed by atoms with Gasteiger partial charge in [-0.2, -0.15) is 0 Å². The normalized spacial score (nSPS) is 27.2. The van der Waals surface area contributed by atoms with Gasteiger partial charge in [-0.15, -0.1) is 0 Å². The van der Waals surface area contributed by atoms with Gasteiger partial charge in [-0.1, -0.05) is 33.6 Å². The summed E-state index contributed by atoms with van der Waals surface area (Å²) in [5.74, 6) is 1.01. The molecule has 1 amide bonds. The van der Waals surface area contributed by atoms with Crippen molar-refractivity contribution in [3.63, 3.8) is 0 Å². The molecule has 2 rings (SSSR count). The summed E-state index contributed by atoms with van der Waals surface area (Å²) >= 11 is 0. The molecule has 2 aliphatic rings. The van der Waals surface area contributed by atoms with E-state index in [0.717, 1.165) is 32.6 Å². The van der Waals surface area contributed by atoms with Crippen molar-refractivity contribution >= 4 is 5.91 Å². The maximum atomic E-state index is 12.6. The highest BCUT2D eigenvalue weighted by Gasteiger charge is 2.42. The zero-order valence-electron chi connectivity index (χ0n) is 14.1. The number of hydrogen-bond acceptors (Lipinski definition) is 3. The Hall–Kier alpha value is -0.610. The first kappa shape index (κ1) is 16.8. The predicted molar refractivity (Wildman–Crippen MR) is 87.1 cm³/mol. The van der Waals surface area contributed by atoms with E-state index in [-0.39, 0.29) is 6.04 Å². The zero-order valence-corrected chi connectivity index (χ0v) is 14.1.